The lowest BCUT2D eigenvalue weighted by molar-refractivity contribution is -0.117. The lowest BCUT2D eigenvalue weighted by Crippen LogP contribution is -2.37. The number of benzene rings is 4. The number of para-hydroxylation sites is 1. The van der Waals surface area contributed by atoms with E-state index in [0.29, 0.717) is 17.9 Å². The molecule has 1 atom stereocenters. The van der Waals surface area contributed by atoms with Crippen molar-refractivity contribution < 1.29 is 9.59 Å². The molecule has 0 spiro atoms. The van der Waals surface area contributed by atoms with Crippen LogP contribution in [0, 0.1) is 5.92 Å². The second-order valence-corrected chi connectivity index (χ2v) is 11.4. The van der Waals surface area contributed by atoms with Crippen LogP contribution >= 0.6 is 0 Å². The first kappa shape index (κ1) is 28.4. The van der Waals surface area contributed by atoms with Crippen molar-refractivity contribution in [1.29, 1.82) is 0 Å². The maximum atomic E-state index is 14.6. The fourth-order valence-corrected chi connectivity index (χ4v) is 6.03. The molecule has 0 radical (unpaired) electrons. The predicted octanol–water partition coefficient (Wildman–Crippen LogP) is 7.70. The summed E-state index contributed by atoms with van der Waals surface area (Å²) in [6, 6.07) is 33.0. The molecule has 0 saturated heterocycles. The van der Waals surface area contributed by atoms with E-state index in [2.05, 4.69) is 35.6 Å². The fourth-order valence-electron chi connectivity index (χ4n) is 6.03. The van der Waals surface area contributed by atoms with Crippen molar-refractivity contribution in [2.24, 2.45) is 16.8 Å². The molecule has 4 aromatic carbocycles. The standard InChI is InChI=1S/C36H37N5O2/c1-25(37)35(42)38-29-20-22-30(23-21-29)41-33-19-11-10-18-32(33)34(27-14-6-3-7-15-27)39-40(36(41)43)24-28-16-8-9-17-31(28)26-12-4-2-5-13-26/h2,4-5,8-13,16-23,25,27H,3,6-7,14-15,24,37H2,1H3,(H,38,42)/t25-/m0/s1. The molecule has 1 heterocycles. The van der Waals surface area contributed by atoms with E-state index in [-0.39, 0.29) is 17.9 Å². The van der Waals surface area contributed by atoms with E-state index >= 15 is 0 Å². The average Bonchev–Trinajstić information content (AvgIpc) is 3.16. The van der Waals surface area contributed by atoms with Crippen molar-refractivity contribution in [3.8, 4) is 11.1 Å². The van der Waals surface area contributed by atoms with Gasteiger partial charge >= 0.3 is 6.03 Å². The number of fused-ring (bicyclic) bond motifs is 1. The van der Waals surface area contributed by atoms with Crippen LogP contribution in [0.25, 0.3) is 11.1 Å². The second kappa shape index (κ2) is 12.6. The third-order valence-electron chi connectivity index (χ3n) is 8.28. The molecule has 6 rings (SSSR count). The molecule has 3 amide bonds. The minimum atomic E-state index is -0.624. The normalized spacial score (nSPS) is 16.2. The summed E-state index contributed by atoms with van der Waals surface area (Å²) in [6.45, 7) is 1.97. The highest BCUT2D eigenvalue weighted by Gasteiger charge is 2.34. The van der Waals surface area contributed by atoms with E-state index < -0.39 is 6.04 Å². The highest BCUT2D eigenvalue weighted by atomic mass is 16.2. The van der Waals surface area contributed by atoms with Gasteiger partial charge in [-0.2, -0.15) is 5.10 Å². The number of nitrogens with one attached hydrogen (secondary N) is 1. The third kappa shape index (κ3) is 6.08. The summed E-state index contributed by atoms with van der Waals surface area (Å²) in [4.78, 5) is 28.5. The van der Waals surface area contributed by atoms with E-state index in [9.17, 15) is 9.59 Å². The van der Waals surface area contributed by atoms with Gasteiger partial charge in [0.05, 0.1) is 29.7 Å². The van der Waals surface area contributed by atoms with Crippen LogP contribution in [0.1, 0.15) is 50.2 Å². The lowest BCUT2D eigenvalue weighted by atomic mass is 9.83. The number of amides is 3. The molecule has 0 aromatic heterocycles. The monoisotopic (exact) mass is 571 g/mol. The van der Waals surface area contributed by atoms with E-state index in [4.69, 9.17) is 10.8 Å². The van der Waals surface area contributed by atoms with Gasteiger partial charge in [0.25, 0.3) is 0 Å². The molecule has 2 aliphatic rings. The van der Waals surface area contributed by atoms with Crippen LogP contribution < -0.4 is 16.0 Å². The molecule has 0 unspecified atom stereocenters. The summed E-state index contributed by atoms with van der Waals surface area (Å²) >= 11 is 0. The van der Waals surface area contributed by atoms with E-state index in [0.717, 1.165) is 59.3 Å². The molecule has 1 fully saturated rings. The zero-order chi connectivity index (χ0) is 29.8. The number of hydrogen-bond acceptors (Lipinski definition) is 4. The highest BCUT2D eigenvalue weighted by Crippen LogP contribution is 2.38. The van der Waals surface area contributed by atoms with E-state index in [1.54, 1.807) is 29.0 Å². The van der Waals surface area contributed by atoms with Crippen molar-refractivity contribution in [2.45, 2.75) is 51.6 Å². The van der Waals surface area contributed by atoms with Gasteiger partial charge in [0, 0.05) is 17.2 Å². The van der Waals surface area contributed by atoms with Crippen LogP contribution in [0.2, 0.25) is 0 Å². The number of hydrogen-bond donors (Lipinski definition) is 2. The van der Waals surface area contributed by atoms with Crippen molar-refractivity contribution in [3.63, 3.8) is 0 Å². The Labute approximate surface area is 253 Å². The summed E-state index contributed by atoms with van der Waals surface area (Å²) in [5, 5.41) is 9.66. The van der Waals surface area contributed by atoms with Crippen molar-refractivity contribution in [3.05, 3.63) is 114 Å². The van der Waals surface area contributed by atoms with Gasteiger partial charge in [0.15, 0.2) is 0 Å². The molecule has 1 aliphatic heterocycles. The van der Waals surface area contributed by atoms with Gasteiger partial charge in [-0.25, -0.2) is 9.80 Å². The molecule has 1 saturated carbocycles. The van der Waals surface area contributed by atoms with Crippen LogP contribution in [0.5, 0.6) is 0 Å². The maximum Gasteiger partial charge on any atom is 0.349 e. The summed E-state index contributed by atoms with van der Waals surface area (Å²) < 4.78 is 0. The highest BCUT2D eigenvalue weighted by molar-refractivity contribution is 6.14. The first-order chi connectivity index (χ1) is 21.0. The fraction of sp³-hybridized carbons (Fsp3) is 0.250. The van der Waals surface area contributed by atoms with E-state index in [1.165, 1.54) is 6.42 Å². The van der Waals surface area contributed by atoms with Gasteiger partial charge in [-0.15, -0.1) is 0 Å². The first-order valence-electron chi connectivity index (χ1n) is 15.1. The van der Waals surface area contributed by atoms with Crippen LogP contribution in [0.4, 0.5) is 21.9 Å². The Morgan fingerprint density at radius 3 is 2.23 bits per heavy atom. The zero-order valence-corrected chi connectivity index (χ0v) is 24.4. The molecule has 7 heteroatoms. The minimum Gasteiger partial charge on any atom is -0.325 e. The predicted molar refractivity (Wildman–Crippen MR) is 173 cm³/mol. The van der Waals surface area contributed by atoms with Crippen molar-refractivity contribution >= 4 is 34.7 Å². The summed E-state index contributed by atoms with van der Waals surface area (Å²) in [5.74, 6) is 0.0167. The van der Waals surface area contributed by atoms with Gasteiger partial charge in [-0.05, 0) is 66.8 Å². The maximum absolute atomic E-state index is 14.6. The van der Waals surface area contributed by atoms with Crippen LogP contribution in [0.15, 0.2) is 108 Å². The number of hydrazone groups is 1. The average molecular weight is 572 g/mol. The Kier molecular flexibility index (Phi) is 8.34. The Balaban J connectivity index is 1.43. The topological polar surface area (TPSA) is 91.0 Å². The Morgan fingerprint density at radius 2 is 1.51 bits per heavy atom. The molecule has 218 valence electrons. The van der Waals surface area contributed by atoms with Gasteiger partial charge in [0.1, 0.15) is 0 Å². The third-order valence-corrected chi connectivity index (χ3v) is 8.28. The zero-order valence-electron chi connectivity index (χ0n) is 24.4. The number of rotatable bonds is 7. The molecule has 1 aliphatic carbocycles. The summed E-state index contributed by atoms with van der Waals surface area (Å²) in [6.07, 6.45) is 5.67. The molecular formula is C36H37N5O2. The largest absolute Gasteiger partial charge is 0.349 e. The SMILES string of the molecule is C[C@H](N)C(=O)Nc1ccc(N2C(=O)N(Cc3ccccc3-c3ccccc3)N=C(C3CCCCC3)c3ccccc32)cc1. The Hall–Kier alpha value is -4.75. The summed E-state index contributed by atoms with van der Waals surface area (Å²) in [7, 11) is 0. The number of anilines is 3. The Morgan fingerprint density at radius 1 is 0.860 bits per heavy atom. The van der Waals surface area contributed by atoms with Crippen LogP contribution in [-0.2, 0) is 11.3 Å². The molecule has 3 N–H and O–H groups in total. The number of urea groups is 1. The number of carbonyl (C=O) groups excluding carboxylic acids is 2. The number of carbonyl (C=O) groups is 2. The summed E-state index contributed by atoms with van der Waals surface area (Å²) in [5.41, 5.74) is 13.0. The van der Waals surface area contributed by atoms with Gasteiger partial charge in [-0.3, -0.25) is 9.69 Å². The molecule has 7 nitrogen and oxygen atoms in total. The Bertz CT molecular complexity index is 1630. The van der Waals surface area contributed by atoms with Crippen LogP contribution in [-0.4, -0.2) is 28.7 Å². The van der Waals surface area contributed by atoms with Gasteiger partial charge < -0.3 is 11.1 Å². The number of nitrogens with two attached hydrogens (primary N) is 1. The quantitative estimate of drug-likeness (QED) is 0.238. The number of nitrogens with zero attached hydrogens (tertiary/aromatic N) is 3. The van der Waals surface area contributed by atoms with Crippen LogP contribution in [0.3, 0.4) is 0 Å². The molecule has 4 aromatic rings. The minimum absolute atomic E-state index is 0.228. The molecule has 0 bridgehead atoms. The van der Waals surface area contributed by atoms with Gasteiger partial charge in [-0.1, -0.05) is 92.1 Å². The van der Waals surface area contributed by atoms with Crippen molar-refractivity contribution in [1.82, 2.24) is 5.01 Å². The van der Waals surface area contributed by atoms with Gasteiger partial charge in [0.2, 0.25) is 5.91 Å². The molecule has 43 heavy (non-hydrogen) atoms. The smallest absolute Gasteiger partial charge is 0.325 e. The molecular weight excluding hydrogens is 534 g/mol. The van der Waals surface area contributed by atoms with E-state index in [1.807, 2.05) is 60.7 Å². The van der Waals surface area contributed by atoms with Crippen molar-refractivity contribution in [2.75, 3.05) is 10.2 Å². The lowest BCUT2D eigenvalue weighted by Gasteiger charge is -2.27. The first-order valence-corrected chi connectivity index (χ1v) is 15.1. The second-order valence-electron chi connectivity index (χ2n) is 11.4.